The van der Waals surface area contributed by atoms with E-state index in [0.29, 0.717) is 11.3 Å². The maximum atomic E-state index is 12.9. The fraction of sp³-hybridized carbons (Fsp3) is 0.250. The van der Waals surface area contributed by atoms with Crippen molar-refractivity contribution in [2.45, 2.75) is 6.18 Å². The second kappa shape index (κ2) is 4.36. The first-order valence-corrected chi connectivity index (χ1v) is 5.18. The van der Waals surface area contributed by atoms with Crippen molar-refractivity contribution >= 4 is 5.82 Å². The fourth-order valence-electron chi connectivity index (χ4n) is 1.60. The first-order chi connectivity index (χ1) is 8.39. The van der Waals surface area contributed by atoms with Crippen molar-refractivity contribution in [1.29, 1.82) is 0 Å². The van der Waals surface area contributed by atoms with Crippen molar-refractivity contribution in [3.63, 3.8) is 0 Å². The van der Waals surface area contributed by atoms with Crippen molar-refractivity contribution in [2.24, 2.45) is 0 Å². The van der Waals surface area contributed by atoms with E-state index >= 15 is 0 Å². The Kier molecular flexibility index (Phi) is 3.02. The summed E-state index contributed by atoms with van der Waals surface area (Å²) in [4.78, 5) is 5.17. The molecule has 0 N–H and O–H groups in total. The molecule has 0 amide bonds. The van der Waals surface area contributed by atoms with Gasteiger partial charge in [-0.1, -0.05) is 0 Å². The molecule has 3 nitrogen and oxygen atoms in total. The van der Waals surface area contributed by atoms with Crippen LogP contribution < -0.4 is 4.90 Å². The van der Waals surface area contributed by atoms with Crippen LogP contribution in [0.3, 0.4) is 0 Å². The topological polar surface area (TPSA) is 29.3 Å². The molecule has 18 heavy (non-hydrogen) atoms. The monoisotopic (exact) mass is 256 g/mol. The maximum Gasteiger partial charge on any atom is 0.419 e. The SMILES string of the molecule is CN(C)c1ncc(-c2ccco2)cc1C(F)(F)F. The van der Waals surface area contributed by atoms with Gasteiger partial charge in [0.15, 0.2) is 0 Å². The van der Waals surface area contributed by atoms with Crippen LogP contribution in [0, 0.1) is 0 Å². The lowest BCUT2D eigenvalue weighted by Gasteiger charge is -2.18. The molecule has 0 aromatic carbocycles. The summed E-state index contributed by atoms with van der Waals surface area (Å²) in [6, 6.07) is 4.25. The average Bonchev–Trinajstić information content (AvgIpc) is 2.80. The summed E-state index contributed by atoms with van der Waals surface area (Å²) in [6.07, 6.45) is -1.68. The quantitative estimate of drug-likeness (QED) is 0.824. The van der Waals surface area contributed by atoms with E-state index < -0.39 is 11.7 Å². The van der Waals surface area contributed by atoms with E-state index in [-0.39, 0.29) is 5.82 Å². The average molecular weight is 256 g/mol. The number of halogens is 3. The molecule has 0 aliphatic rings. The Balaban J connectivity index is 2.56. The molecule has 0 saturated carbocycles. The molecule has 96 valence electrons. The number of pyridine rings is 1. The second-order valence-electron chi connectivity index (χ2n) is 3.96. The number of aromatic nitrogens is 1. The van der Waals surface area contributed by atoms with E-state index in [2.05, 4.69) is 4.98 Å². The predicted molar refractivity (Wildman–Crippen MR) is 61.3 cm³/mol. The summed E-state index contributed by atoms with van der Waals surface area (Å²) in [5, 5.41) is 0. The largest absolute Gasteiger partial charge is 0.464 e. The third-order valence-electron chi connectivity index (χ3n) is 2.40. The smallest absolute Gasteiger partial charge is 0.419 e. The maximum absolute atomic E-state index is 12.9. The zero-order chi connectivity index (χ0) is 13.3. The summed E-state index contributed by atoms with van der Waals surface area (Å²) in [5.74, 6) is 0.246. The van der Waals surface area contributed by atoms with E-state index in [1.165, 1.54) is 31.5 Å². The van der Waals surface area contributed by atoms with Crippen LogP contribution in [-0.2, 0) is 6.18 Å². The molecule has 2 aromatic heterocycles. The number of hydrogen-bond donors (Lipinski definition) is 0. The van der Waals surface area contributed by atoms with Gasteiger partial charge < -0.3 is 9.32 Å². The van der Waals surface area contributed by atoms with Crippen LogP contribution in [-0.4, -0.2) is 19.1 Å². The minimum Gasteiger partial charge on any atom is -0.464 e. The standard InChI is InChI=1S/C12H11F3N2O/c1-17(2)11-9(12(13,14)15)6-8(7-16-11)10-4-3-5-18-10/h3-7H,1-2H3. The molecule has 0 fully saturated rings. The van der Waals surface area contributed by atoms with Crippen molar-refractivity contribution in [3.8, 4) is 11.3 Å². The minimum absolute atomic E-state index is 0.113. The summed E-state index contributed by atoms with van der Waals surface area (Å²) >= 11 is 0. The van der Waals surface area contributed by atoms with E-state index in [4.69, 9.17) is 4.42 Å². The number of furan rings is 1. The first-order valence-electron chi connectivity index (χ1n) is 5.18. The van der Waals surface area contributed by atoms with Gasteiger partial charge in [-0.3, -0.25) is 0 Å². The van der Waals surface area contributed by atoms with Crippen LogP contribution in [0.25, 0.3) is 11.3 Å². The number of alkyl halides is 3. The highest BCUT2D eigenvalue weighted by molar-refractivity contribution is 5.62. The van der Waals surface area contributed by atoms with Gasteiger partial charge in [0.05, 0.1) is 11.8 Å². The summed E-state index contributed by atoms with van der Waals surface area (Å²) in [5.41, 5.74) is -0.473. The lowest BCUT2D eigenvalue weighted by molar-refractivity contribution is -0.137. The van der Waals surface area contributed by atoms with Crippen molar-refractivity contribution < 1.29 is 17.6 Å². The van der Waals surface area contributed by atoms with Gasteiger partial charge in [0.2, 0.25) is 0 Å². The lowest BCUT2D eigenvalue weighted by atomic mass is 10.1. The van der Waals surface area contributed by atoms with E-state index in [0.717, 1.165) is 6.07 Å². The van der Waals surface area contributed by atoms with E-state index in [1.807, 2.05) is 0 Å². The molecule has 0 saturated heterocycles. The second-order valence-corrected chi connectivity index (χ2v) is 3.96. The Hall–Kier alpha value is -1.98. The molecule has 0 atom stereocenters. The highest BCUT2D eigenvalue weighted by atomic mass is 19.4. The van der Waals surface area contributed by atoms with Gasteiger partial charge in [-0.05, 0) is 18.2 Å². The van der Waals surface area contributed by atoms with Gasteiger partial charge in [0.1, 0.15) is 11.6 Å². The molecule has 2 aromatic rings. The van der Waals surface area contributed by atoms with Crippen LogP contribution >= 0.6 is 0 Å². The van der Waals surface area contributed by atoms with Crippen LogP contribution in [0.15, 0.2) is 35.1 Å². The van der Waals surface area contributed by atoms with Gasteiger partial charge in [0.25, 0.3) is 0 Å². The van der Waals surface area contributed by atoms with E-state index in [9.17, 15) is 13.2 Å². The Morgan fingerprint density at radius 3 is 2.50 bits per heavy atom. The summed E-state index contributed by atoms with van der Waals surface area (Å²) in [6.45, 7) is 0. The van der Waals surface area contributed by atoms with Gasteiger partial charge in [0, 0.05) is 25.9 Å². The molecule has 0 radical (unpaired) electrons. The van der Waals surface area contributed by atoms with Crippen molar-refractivity contribution in [3.05, 3.63) is 36.2 Å². The number of nitrogens with zero attached hydrogens (tertiary/aromatic N) is 2. The third kappa shape index (κ3) is 2.32. The Labute approximate surface area is 102 Å². The Morgan fingerprint density at radius 1 is 1.28 bits per heavy atom. The zero-order valence-corrected chi connectivity index (χ0v) is 9.82. The highest BCUT2D eigenvalue weighted by Crippen LogP contribution is 2.37. The Bertz CT molecular complexity index is 533. The van der Waals surface area contributed by atoms with Crippen LogP contribution in [0.4, 0.5) is 19.0 Å². The summed E-state index contributed by atoms with van der Waals surface area (Å²) < 4.78 is 43.9. The molecule has 0 spiro atoms. The highest BCUT2D eigenvalue weighted by Gasteiger charge is 2.35. The van der Waals surface area contributed by atoms with Gasteiger partial charge in [-0.25, -0.2) is 4.98 Å². The van der Waals surface area contributed by atoms with E-state index in [1.54, 1.807) is 12.1 Å². The van der Waals surface area contributed by atoms with Crippen LogP contribution in [0.2, 0.25) is 0 Å². The first kappa shape index (κ1) is 12.5. The molecule has 2 heterocycles. The van der Waals surface area contributed by atoms with Crippen molar-refractivity contribution in [2.75, 3.05) is 19.0 Å². The molecular formula is C12H11F3N2O. The minimum atomic E-state index is -4.45. The predicted octanol–water partition coefficient (Wildman–Crippen LogP) is 3.43. The molecule has 6 heteroatoms. The normalized spacial score (nSPS) is 11.6. The molecule has 2 rings (SSSR count). The molecule has 0 unspecified atom stereocenters. The molecular weight excluding hydrogens is 245 g/mol. The number of rotatable bonds is 2. The number of hydrogen-bond acceptors (Lipinski definition) is 3. The van der Waals surface area contributed by atoms with Gasteiger partial charge in [-0.15, -0.1) is 0 Å². The van der Waals surface area contributed by atoms with Crippen LogP contribution in [0.1, 0.15) is 5.56 Å². The molecule has 0 aliphatic carbocycles. The van der Waals surface area contributed by atoms with Gasteiger partial charge in [-0.2, -0.15) is 13.2 Å². The number of anilines is 1. The molecule has 0 bridgehead atoms. The van der Waals surface area contributed by atoms with Crippen molar-refractivity contribution in [1.82, 2.24) is 4.98 Å². The zero-order valence-electron chi connectivity index (χ0n) is 9.82. The fourth-order valence-corrected chi connectivity index (χ4v) is 1.60. The molecule has 0 aliphatic heterocycles. The lowest BCUT2D eigenvalue weighted by Crippen LogP contribution is -2.18. The Morgan fingerprint density at radius 2 is 2.00 bits per heavy atom. The van der Waals surface area contributed by atoms with Crippen LogP contribution in [0.5, 0.6) is 0 Å². The van der Waals surface area contributed by atoms with Gasteiger partial charge >= 0.3 is 6.18 Å². The summed E-state index contributed by atoms with van der Waals surface area (Å²) in [7, 11) is 3.04. The third-order valence-corrected chi connectivity index (χ3v) is 2.40.